The molecule has 1 atom stereocenters. The van der Waals surface area contributed by atoms with Crippen molar-refractivity contribution in [3.05, 3.63) is 63.9 Å². The zero-order valence-corrected chi connectivity index (χ0v) is 14.5. The highest BCUT2D eigenvalue weighted by Gasteiger charge is 2.14. The summed E-state index contributed by atoms with van der Waals surface area (Å²) in [4.78, 5) is 12.9. The molecule has 0 spiro atoms. The molecule has 0 fully saturated rings. The van der Waals surface area contributed by atoms with E-state index in [1.807, 2.05) is 50.2 Å². The van der Waals surface area contributed by atoms with E-state index in [2.05, 4.69) is 6.07 Å². The number of aryl methyl sites for hydroxylation is 1. The average Bonchev–Trinajstić information content (AvgIpc) is 2.57. The molecule has 0 bridgehead atoms. The lowest BCUT2D eigenvalue weighted by Gasteiger charge is -2.16. The first kappa shape index (κ1) is 16.3. The maximum absolute atomic E-state index is 12.9. The first-order chi connectivity index (χ1) is 11.4. The highest BCUT2D eigenvalue weighted by molar-refractivity contribution is 5.89. The summed E-state index contributed by atoms with van der Waals surface area (Å²) in [6.07, 6.45) is 0. The molecular formula is C20H22N2O2. The van der Waals surface area contributed by atoms with Crippen molar-refractivity contribution in [3.8, 4) is 17.0 Å². The smallest absolute Gasteiger partial charge is 0.258 e. The minimum absolute atomic E-state index is 0.0177. The molecule has 0 saturated carbocycles. The Kier molecular flexibility index (Phi) is 4.16. The Morgan fingerprint density at radius 1 is 1.12 bits per heavy atom. The van der Waals surface area contributed by atoms with E-state index in [1.165, 1.54) is 0 Å². The molecule has 3 rings (SSSR count). The zero-order valence-electron chi connectivity index (χ0n) is 14.5. The Morgan fingerprint density at radius 2 is 1.88 bits per heavy atom. The van der Waals surface area contributed by atoms with Gasteiger partial charge in [-0.3, -0.25) is 4.79 Å². The van der Waals surface area contributed by atoms with E-state index in [0.717, 1.165) is 33.5 Å². The summed E-state index contributed by atoms with van der Waals surface area (Å²) in [5.74, 6) is 0.761. The molecule has 3 aromatic rings. The summed E-state index contributed by atoms with van der Waals surface area (Å²) in [5.41, 5.74) is 9.94. The molecule has 2 N–H and O–H groups in total. The number of ether oxygens (including phenoxy) is 1. The number of pyridine rings is 1. The van der Waals surface area contributed by atoms with Crippen molar-refractivity contribution in [2.45, 2.75) is 19.9 Å². The number of fused-ring (bicyclic) bond motifs is 1. The second-order valence-electron chi connectivity index (χ2n) is 6.23. The van der Waals surface area contributed by atoms with Gasteiger partial charge in [0.1, 0.15) is 5.75 Å². The lowest BCUT2D eigenvalue weighted by molar-refractivity contribution is 0.415. The quantitative estimate of drug-likeness (QED) is 0.802. The van der Waals surface area contributed by atoms with Crippen molar-refractivity contribution in [1.29, 1.82) is 0 Å². The SMILES string of the molecule is COc1cccc(-c2cc3c(C(C)N)cc(C)cc3c(=O)n2C)c1. The van der Waals surface area contributed by atoms with E-state index in [-0.39, 0.29) is 11.6 Å². The van der Waals surface area contributed by atoms with Crippen molar-refractivity contribution >= 4 is 10.8 Å². The normalized spacial score (nSPS) is 12.4. The summed E-state index contributed by atoms with van der Waals surface area (Å²) in [5, 5.41) is 1.62. The standard InChI is InChI=1S/C20H22N2O2/c1-12-8-16(13(2)21)17-11-19(22(3)20(23)18(17)9-12)14-6-5-7-15(10-14)24-4/h5-11,13H,21H2,1-4H3. The largest absolute Gasteiger partial charge is 0.497 e. The van der Waals surface area contributed by atoms with Gasteiger partial charge in [-0.2, -0.15) is 0 Å². The minimum atomic E-state index is -0.141. The van der Waals surface area contributed by atoms with Crippen LogP contribution in [0.15, 0.2) is 47.3 Å². The van der Waals surface area contributed by atoms with E-state index >= 15 is 0 Å². The van der Waals surface area contributed by atoms with Crippen LogP contribution in [0.1, 0.15) is 24.1 Å². The van der Waals surface area contributed by atoms with Gasteiger partial charge in [-0.05, 0) is 54.6 Å². The Balaban J connectivity index is 2.38. The third kappa shape index (κ3) is 2.69. The first-order valence-electron chi connectivity index (χ1n) is 7.96. The molecule has 0 saturated heterocycles. The predicted molar refractivity (Wildman–Crippen MR) is 98.5 cm³/mol. The van der Waals surface area contributed by atoms with Gasteiger partial charge in [0.15, 0.2) is 0 Å². The van der Waals surface area contributed by atoms with Gasteiger partial charge >= 0.3 is 0 Å². The van der Waals surface area contributed by atoms with Crippen LogP contribution in [0.2, 0.25) is 0 Å². The number of rotatable bonds is 3. The van der Waals surface area contributed by atoms with Gasteiger partial charge < -0.3 is 15.0 Å². The topological polar surface area (TPSA) is 57.2 Å². The van der Waals surface area contributed by atoms with Crippen LogP contribution in [0.3, 0.4) is 0 Å². The van der Waals surface area contributed by atoms with Gasteiger partial charge in [-0.25, -0.2) is 0 Å². The monoisotopic (exact) mass is 322 g/mol. The number of hydrogen-bond donors (Lipinski definition) is 1. The lowest BCUT2D eigenvalue weighted by Crippen LogP contribution is -2.20. The molecule has 1 aromatic heterocycles. The minimum Gasteiger partial charge on any atom is -0.497 e. The Morgan fingerprint density at radius 3 is 2.54 bits per heavy atom. The second-order valence-corrected chi connectivity index (χ2v) is 6.23. The second kappa shape index (κ2) is 6.13. The van der Waals surface area contributed by atoms with E-state index in [4.69, 9.17) is 10.5 Å². The van der Waals surface area contributed by atoms with Crippen LogP contribution in [-0.2, 0) is 7.05 Å². The van der Waals surface area contributed by atoms with Gasteiger partial charge in [0.25, 0.3) is 5.56 Å². The van der Waals surface area contributed by atoms with Crippen LogP contribution in [0.25, 0.3) is 22.0 Å². The molecule has 0 radical (unpaired) electrons. The van der Waals surface area contributed by atoms with Gasteiger partial charge in [-0.15, -0.1) is 0 Å². The van der Waals surface area contributed by atoms with Crippen LogP contribution in [0, 0.1) is 6.92 Å². The summed E-state index contributed by atoms with van der Waals surface area (Å²) < 4.78 is 6.99. The summed E-state index contributed by atoms with van der Waals surface area (Å²) in [7, 11) is 3.43. The molecule has 0 aliphatic carbocycles. The highest BCUT2D eigenvalue weighted by Crippen LogP contribution is 2.29. The number of aromatic nitrogens is 1. The molecule has 4 heteroatoms. The van der Waals surface area contributed by atoms with Gasteiger partial charge in [0.2, 0.25) is 0 Å². The average molecular weight is 322 g/mol. The van der Waals surface area contributed by atoms with Crippen molar-refractivity contribution in [3.63, 3.8) is 0 Å². The molecule has 0 aliphatic rings. The zero-order chi connectivity index (χ0) is 17.4. The first-order valence-corrected chi connectivity index (χ1v) is 7.96. The highest BCUT2D eigenvalue weighted by atomic mass is 16.5. The molecule has 1 unspecified atom stereocenters. The third-order valence-corrected chi connectivity index (χ3v) is 4.39. The Bertz CT molecular complexity index is 971. The van der Waals surface area contributed by atoms with Crippen molar-refractivity contribution in [2.75, 3.05) is 7.11 Å². The van der Waals surface area contributed by atoms with E-state index < -0.39 is 0 Å². The summed E-state index contributed by atoms with van der Waals surface area (Å²) >= 11 is 0. The molecule has 0 aliphatic heterocycles. The van der Waals surface area contributed by atoms with E-state index in [9.17, 15) is 4.79 Å². The number of nitrogens with zero attached hydrogens (tertiary/aromatic N) is 1. The molecular weight excluding hydrogens is 300 g/mol. The van der Waals surface area contributed by atoms with Crippen LogP contribution in [0.4, 0.5) is 0 Å². The van der Waals surface area contributed by atoms with E-state index in [0.29, 0.717) is 5.39 Å². The fourth-order valence-corrected chi connectivity index (χ4v) is 3.12. The molecule has 24 heavy (non-hydrogen) atoms. The maximum atomic E-state index is 12.9. The third-order valence-electron chi connectivity index (χ3n) is 4.39. The van der Waals surface area contributed by atoms with E-state index in [1.54, 1.807) is 18.7 Å². The van der Waals surface area contributed by atoms with Crippen molar-refractivity contribution in [2.24, 2.45) is 12.8 Å². The van der Waals surface area contributed by atoms with Gasteiger partial charge in [0, 0.05) is 24.0 Å². The van der Waals surface area contributed by atoms with Gasteiger partial charge in [0.05, 0.1) is 12.8 Å². The van der Waals surface area contributed by atoms with Crippen molar-refractivity contribution < 1.29 is 4.74 Å². The van der Waals surface area contributed by atoms with Crippen LogP contribution >= 0.6 is 0 Å². The lowest BCUT2D eigenvalue weighted by atomic mass is 9.96. The Labute approximate surface area is 141 Å². The molecule has 1 heterocycles. The Hall–Kier alpha value is -2.59. The van der Waals surface area contributed by atoms with Crippen LogP contribution < -0.4 is 16.0 Å². The number of methoxy groups -OCH3 is 1. The van der Waals surface area contributed by atoms with Gasteiger partial charge in [-0.1, -0.05) is 18.2 Å². The fraction of sp³-hybridized carbons (Fsp3) is 0.250. The van der Waals surface area contributed by atoms with Crippen LogP contribution in [-0.4, -0.2) is 11.7 Å². The number of benzene rings is 2. The maximum Gasteiger partial charge on any atom is 0.258 e. The molecule has 4 nitrogen and oxygen atoms in total. The van der Waals surface area contributed by atoms with Crippen molar-refractivity contribution in [1.82, 2.24) is 4.57 Å². The summed E-state index contributed by atoms with van der Waals surface area (Å²) in [6, 6.07) is 13.6. The number of hydrogen-bond acceptors (Lipinski definition) is 3. The summed E-state index contributed by atoms with van der Waals surface area (Å²) in [6.45, 7) is 3.93. The molecule has 2 aromatic carbocycles. The fourth-order valence-electron chi connectivity index (χ4n) is 3.12. The number of nitrogens with two attached hydrogens (primary N) is 1. The molecule has 124 valence electrons. The van der Waals surface area contributed by atoms with Crippen LogP contribution in [0.5, 0.6) is 5.75 Å². The predicted octanol–water partition coefficient (Wildman–Crippen LogP) is 3.54. The molecule has 0 amide bonds.